The van der Waals surface area contributed by atoms with Crippen molar-refractivity contribution in [2.45, 2.75) is 13.0 Å². The Kier molecular flexibility index (Phi) is 3.49. The zero-order valence-corrected chi connectivity index (χ0v) is 9.30. The maximum Gasteiger partial charge on any atom is 0.271 e. The molecule has 1 heterocycles. The van der Waals surface area contributed by atoms with Crippen LogP contribution in [0.25, 0.3) is 0 Å². The summed E-state index contributed by atoms with van der Waals surface area (Å²) in [7, 11) is 3.35. The highest BCUT2D eigenvalue weighted by Crippen LogP contribution is 2.08. The van der Waals surface area contributed by atoms with Gasteiger partial charge in [0.25, 0.3) is 5.91 Å². The van der Waals surface area contributed by atoms with Crippen LogP contribution in [0.15, 0.2) is 6.20 Å². The summed E-state index contributed by atoms with van der Waals surface area (Å²) in [6.45, 7) is 0.370. The normalized spacial score (nSPS) is 10.1. The standard InChI is InChI=1S/C9H15N5O2/c1-13(2)7(15)3-4-14-5-6(10)8(12-14)9(11)16/h5H,3-4,10H2,1-2H3,(H2,11,16). The Morgan fingerprint density at radius 2 is 2.12 bits per heavy atom. The van der Waals surface area contributed by atoms with Crippen molar-refractivity contribution in [3.05, 3.63) is 11.9 Å². The molecule has 1 rings (SSSR count). The minimum atomic E-state index is -0.671. The molecule has 0 aliphatic heterocycles. The molecule has 0 aliphatic rings. The fraction of sp³-hybridized carbons (Fsp3) is 0.444. The molecule has 0 bridgehead atoms. The van der Waals surface area contributed by atoms with E-state index < -0.39 is 5.91 Å². The Morgan fingerprint density at radius 3 is 2.56 bits per heavy atom. The smallest absolute Gasteiger partial charge is 0.271 e. The van der Waals surface area contributed by atoms with Crippen molar-refractivity contribution < 1.29 is 9.59 Å². The SMILES string of the molecule is CN(C)C(=O)CCn1cc(N)c(C(N)=O)n1. The second-order valence-corrected chi connectivity index (χ2v) is 3.60. The van der Waals surface area contributed by atoms with Crippen molar-refractivity contribution in [1.29, 1.82) is 0 Å². The molecule has 1 aromatic rings. The Bertz CT molecular complexity index is 410. The molecule has 0 unspecified atom stereocenters. The van der Waals surface area contributed by atoms with Crippen LogP contribution in [-0.2, 0) is 11.3 Å². The summed E-state index contributed by atoms with van der Waals surface area (Å²) >= 11 is 0. The van der Waals surface area contributed by atoms with Gasteiger partial charge < -0.3 is 16.4 Å². The first kappa shape index (κ1) is 12.0. The van der Waals surface area contributed by atoms with Crippen LogP contribution in [0.3, 0.4) is 0 Å². The lowest BCUT2D eigenvalue weighted by Gasteiger charge is -2.09. The van der Waals surface area contributed by atoms with Gasteiger partial charge in [-0.3, -0.25) is 14.3 Å². The van der Waals surface area contributed by atoms with Crippen LogP contribution in [-0.4, -0.2) is 40.6 Å². The first-order valence-corrected chi connectivity index (χ1v) is 4.74. The summed E-state index contributed by atoms with van der Waals surface area (Å²) in [5, 5.41) is 3.89. The minimum Gasteiger partial charge on any atom is -0.396 e. The first-order valence-electron chi connectivity index (χ1n) is 4.74. The Hall–Kier alpha value is -2.05. The highest BCUT2D eigenvalue weighted by atomic mass is 16.2. The second kappa shape index (κ2) is 4.65. The van der Waals surface area contributed by atoms with Crippen molar-refractivity contribution in [2.75, 3.05) is 19.8 Å². The Morgan fingerprint density at radius 1 is 1.50 bits per heavy atom. The molecule has 0 spiro atoms. The zero-order valence-electron chi connectivity index (χ0n) is 9.30. The summed E-state index contributed by atoms with van der Waals surface area (Å²) in [6, 6.07) is 0. The van der Waals surface area contributed by atoms with E-state index >= 15 is 0 Å². The molecule has 16 heavy (non-hydrogen) atoms. The molecular formula is C9H15N5O2. The van der Waals surface area contributed by atoms with Crippen LogP contribution in [0.1, 0.15) is 16.9 Å². The van der Waals surface area contributed by atoms with E-state index in [1.165, 1.54) is 15.8 Å². The zero-order chi connectivity index (χ0) is 12.3. The second-order valence-electron chi connectivity index (χ2n) is 3.60. The molecule has 0 saturated heterocycles. The number of anilines is 1. The van der Waals surface area contributed by atoms with E-state index in [-0.39, 0.29) is 17.3 Å². The molecule has 88 valence electrons. The third-order valence-electron chi connectivity index (χ3n) is 2.08. The number of carbonyl (C=O) groups is 2. The molecule has 7 nitrogen and oxygen atoms in total. The molecule has 0 radical (unpaired) electrons. The number of aryl methyl sites for hydroxylation is 1. The van der Waals surface area contributed by atoms with Gasteiger partial charge in [-0.05, 0) is 0 Å². The van der Waals surface area contributed by atoms with Gasteiger partial charge in [-0.2, -0.15) is 5.10 Å². The number of amides is 2. The molecule has 0 aliphatic carbocycles. The van der Waals surface area contributed by atoms with Crippen molar-refractivity contribution >= 4 is 17.5 Å². The van der Waals surface area contributed by atoms with Gasteiger partial charge in [0.2, 0.25) is 5.91 Å². The average Bonchev–Trinajstić information content (AvgIpc) is 2.56. The lowest BCUT2D eigenvalue weighted by Crippen LogP contribution is -2.23. The third-order valence-corrected chi connectivity index (χ3v) is 2.08. The molecule has 0 saturated carbocycles. The van der Waals surface area contributed by atoms with Crippen molar-refractivity contribution in [1.82, 2.24) is 14.7 Å². The van der Waals surface area contributed by atoms with Crippen LogP contribution >= 0.6 is 0 Å². The van der Waals surface area contributed by atoms with Crippen LogP contribution in [0, 0.1) is 0 Å². The summed E-state index contributed by atoms with van der Waals surface area (Å²) in [4.78, 5) is 23.7. The molecule has 1 aromatic heterocycles. The molecule has 0 atom stereocenters. The van der Waals surface area contributed by atoms with E-state index in [1.54, 1.807) is 14.1 Å². The lowest BCUT2D eigenvalue weighted by atomic mass is 10.3. The van der Waals surface area contributed by atoms with Crippen molar-refractivity contribution in [3.8, 4) is 0 Å². The summed E-state index contributed by atoms with van der Waals surface area (Å²) < 4.78 is 1.44. The molecule has 2 amide bonds. The van der Waals surface area contributed by atoms with Gasteiger partial charge in [-0.25, -0.2) is 0 Å². The van der Waals surface area contributed by atoms with Crippen LogP contribution in [0.4, 0.5) is 5.69 Å². The quantitative estimate of drug-likeness (QED) is 0.688. The van der Waals surface area contributed by atoms with E-state index in [1.807, 2.05) is 0 Å². The van der Waals surface area contributed by atoms with Crippen molar-refractivity contribution in [3.63, 3.8) is 0 Å². The first-order chi connectivity index (χ1) is 7.41. The maximum atomic E-state index is 11.3. The van der Waals surface area contributed by atoms with Gasteiger partial charge in [-0.1, -0.05) is 0 Å². The van der Waals surface area contributed by atoms with Gasteiger partial charge in [-0.15, -0.1) is 0 Å². The third kappa shape index (κ3) is 2.72. The number of carbonyl (C=O) groups excluding carboxylic acids is 2. The van der Waals surface area contributed by atoms with E-state index in [0.29, 0.717) is 13.0 Å². The predicted molar refractivity (Wildman–Crippen MR) is 58.5 cm³/mol. The van der Waals surface area contributed by atoms with Gasteiger partial charge in [0.1, 0.15) is 0 Å². The number of hydrogen-bond donors (Lipinski definition) is 2. The van der Waals surface area contributed by atoms with Crippen LogP contribution in [0.5, 0.6) is 0 Å². The van der Waals surface area contributed by atoms with Gasteiger partial charge >= 0.3 is 0 Å². The fourth-order valence-corrected chi connectivity index (χ4v) is 1.18. The number of nitrogens with zero attached hydrogens (tertiary/aromatic N) is 3. The Balaban J connectivity index is 2.65. The number of rotatable bonds is 4. The summed E-state index contributed by atoms with van der Waals surface area (Å²) in [5.41, 5.74) is 10.9. The molecule has 0 fully saturated rings. The monoisotopic (exact) mass is 225 g/mol. The van der Waals surface area contributed by atoms with Crippen LogP contribution in [0.2, 0.25) is 0 Å². The average molecular weight is 225 g/mol. The topological polar surface area (TPSA) is 107 Å². The van der Waals surface area contributed by atoms with Gasteiger partial charge in [0.05, 0.1) is 5.69 Å². The summed E-state index contributed by atoms with van der Waals surface area (Å²) in [6.07, 6.45) is 1.79. The van der Waals surface area contributed by atoms with E-state index in [0.717, 1.165) is 0 Å². The van der Waals surface area contributed by atoms with Gasteiger partial charge in [0, 0.05) is 33.3 Å². The number of nitrogen functional groups attached to an aromatic ring is 1. The largest absolute Gasteiger partial charge is 0.396 e. The molecule has 7 heteroatoms. The highest BCUT2D eigenvalue weighted by molar-refractivity contribution is 5.95. The Labute approximate surface area is 93.0 Å². The van der Waals surface area contributed by atoms with Gasteiger partial charge in [0.15, 0.2) is 5.69 Å². The number of aromatic nitrogens is 2. The highest BCUT2D eigenvalue weighted by Gasteiger charge is 2.12. The predicted octanol–water partition coefficient (Wildman–Crippen LogP) is -0.957. The van der Waals surface area contributed by atoms with E-state index in [9.17, 15) is 9.59 Å². The summed E-state index contributed by atoms with van der Waals surface area (Å²) in [5.74, 6) is -0.690. The maximum absolute atomic E-state index is 11.3. The number of primary amides is 1. The molecule has 4 N–H and O–H groups in total. The van der Waals surface area contributed by atoms with E-state index in [4.69, 9.17) is 11.5 Å². The van der Waals surface area contributed by atoms with E-state index in [2.05, 4.69) is 5.10 Å². The van der Waals surface area contributed by atoms with Crippen LogP contribution < -0.4 is 11.5 Å². The van der Waals surface area contributed by atoms with Crippen molar-refractivity contribution in [2.24, 2.45) is 5.73 Å². The lowest BCUT2D eigenvalue weighted by molar-refractivity contribution is -0.128. The fourth-order valence-electron chi connectivity index (χ4n) is 1.18. The molecular weight excluding hydrogens is 210 g/mol. The number of hydrogen-bond acceptors (Lipinski definition) is 4. The number of nitrogens with two attached hydrogens (primary N) is 2. The minimum absolute atomic E-state index is 0.0188. The molecule has 0 aromatic carbocycles.